The Bertz CT molecular complexity index is 1280. The summed E-state index contributed by atoms with van der Waals surface area (Å²) >= 11 is 12.1. The summed E-state index contributed by atoms with van der Waals surface area (Å²) in [5.41, 5.74) is 7.47. The Hall–Kier alpha value is -2.00. The third-order valence-electron chi connectivity index (χ3n) is 5.86. The van der Waals surface area contributed by atoms with Crippen LogP contribution in [0, 0.1) is 0 Å². The molecule has 3 heteroatoms. The van der Waals surface area contributed by atoms with Crippen molar-refractivity contribution in [1.82, 2.24) is 0 Å². The second-order valence-corrected chi connectivity index (χ2v) is 9.66. The summed E-state index contributed by atoms with van der Waals surface area (Å²) in [5, 5.41) is 0.776. The SMILES string of the molecule is Clc1ccc2c(c1)C1(c3ccccc3Sc3ccc(Br)cc31)c1ccccc1-2. The molecule has 4 aromatic rings. The lowest BCUT2D eigenvalue weighted by Crippen LogP contribution is -2.32. The second-order valence-electron chi connectivity index (χ2n) is 7.22. The molecule has 0 saturated heterocycles. The molecule has 134 valence electrons. The summed E-state index contributed by atoms with van der Waals surface area (Å²) in [6.45, 7) is 0. The monoisotopic (exact) mass is 460 g/mol. The predicted octanol–water partition coefficient (Wildman–Crippen LogP) is 7.93. The van der Waals surface area contributed by atoms with Gasteiger partial charge in [0.05, 0.1) is 5.41 Å². The van der Waals surface area contributed by atoms with Gasteiger partial charge in [0.1, 0.15) is 0 Å². The third kappa shape index (κ3) is 2.09. The Labute approximate surface area is 181 Å². The van der Waals surface area contributed by atoms with Gasteiger partial charge in [0.2, 0.25) is 0 Å². The molecule has 1 atom stereocenters. The topological polar surface area (TPSA) is 0 Å². The lowest BCUT2D eigenvalue weighted by Gasteiger charge is -2.39. The van der Waals surface area contributed by atoms with Crippen molar-refractivity contribution in [3.05, 3.63) is 117 Å². The van der Waals surface area contributed by atoms with Crippen LogP contribution in [0.5, 0.6) is 0 Å². The normalized spacial score (nSPS) is 18.4. The van der Waals surface area contributed by atoms with Gasteiger partial charge in [-0.3, -0.25) is 0 Å². The van der Waals surface area contributed by atoms with Crippen LogP contribution in [0.2, 0.25) is 5.02 Å². The summed E-state index contributed by atoms with van der Waals surface area (Å²) in [6.07, 6.45) is 0. The molecule has 0 N–H and O–H groups in total. The first kappa shape index (κ1) is 16.9. The minimum Gasteiger partial charge on any atom is -0.0894 e. The quantitative estimate of drug-likeness (QED) is 0.221. The van der Waals surface area contributed by atoms with Crippen molar-refractivity contribution in [2.75, 3.05) is 0 Å². The van der Waals surface area contributed by atoms with Gasteiger partial charge in [-0.15, -0.1) is 0 Å². The smallest absolute Gasteiger partial charge is 0.0736 e. The van der Waals surface area contributed by atoms with Gasteiger partial charge in [0, 0.05) is 19.3 Å². The fraction of sp³-hybridized carbons (Fsp3) is 0.0400. The highest BCUT2D eigenvalue weighted by Crippen LogP contribution is 2.62. The van der Waals surface area contributed by atoms with Gasteiger partial charge in [0.25, 0.3) is 0 Å². The molecule has 28 heavy (non-hydrogen) atoms. The molecule has 0 aromatic heterocycles. The van der Waals surface area contributed by atoms with Crippen LogP contribution in [0.15, 0.2) is 99.2 Å². The fourth-order valence-corrected chi connectivity index (χ4v) is 6.55. The summed E-state index contributed by atoms with van der Waals surface area (Å²) < 4.78 is 1.10. The lowest BCUT2D eigenvalue weighted by molar-refractivity contribution is 0.721. The molecule has 0 bridgehead atoms. The van der Waals surface area contributed by atoms with E-state index in [1.807, 2.05) is 17.8 Å². The number of hydrogen-bond donors (Lipinski definition) is 0. The molecular weight excluding hydrogens is 448 g/mol. The van der Waals surface area contributed by atoms with Gasteiger partial charge >= 0.3 is 0 Å². The van der Waals surface area contributed by atoms with Crippen LogP contribution in [-0.2, 0) is 5.41 Å². The molecule has 6 rings (SSSR count). The number of benzene rings is 4. The molecule has 1 aliphatic carbocycles. The van der Waals surface area contributed by atoms with Crippen LogP contribution in [0.3, 0.4) is 0 Å². The Morgan fingerprint density at radius 3 is 2.25 bits per heavy atom. The van der Waals surface area contributed by atoms with E-state index in [9.17, 15) is 0 Å². The summed E-state index contributed by atoms with van der Waals surface area (Å²) in [6, 6.07) is 30.6. The van der Waals surface area contributed by atoms with Gasteiger partial charge in [-0.1, -0.05) is 87.8 Å². The Morgan fingerprint density at radius 2 is 1.36 bits per heavy atom. The van der Waals surface area contributed by atoms with Crippen LogP contribution < -0.4 is 0 Å². The van der Waals surface area contributed by atoms with Crippen molar-refractivity contribution in [3.8, 4) is 11.1 Å². The molecule has 1 unspecified atom stereocenters. The van der Waals surface area contributed by atoms with E-state index in [0.717, 1.165) is 9.50 Å². The molecule has 0 nitrogen and oxygen atoms in total. The maximum atomic E-state index is 6.54. The van der Waals surface area contributed by atoms with Gasteiger partial charge in [-0.2, -0.15) is 0 Å². The van der Waals surface area contributed by atoms with Gasteiger partial charge < -0.3 is 0 Å². The van der Waals surface area contributed by atoms with Crippen molar-refractivity contribution in [2.45, 2.75) is 15.2 Å². The number of fused-ring (bicyclic) bond motifs is 9. The van der Waals surface area contributed by atoms with E-state index >= 15 is 0 Å². The molecule has 0 fully saturated rings. The Morgan fingerprint density at radius 1 is 0.643 bits per heavy atom. The van der Waals surface area contributed by atoms with Crippen molar-refractivity contribution in [3.63, 3.8) is 0 Å². The maximum Gasteiger partial charge on any atom is 0.0736 e. The van der Waals surface area contributed by atoms with E-state index in [1.165, 1.54) is 43.2 Å². The van der Waals surface area contributed by atoms with E-state index in [2.05, 4.69) is 94.8 Å². The van der Waals surface area contributed by atoms with E-state index in [0.29, 0.717) is 0 Å². The Kier molecular flexibility index (Phi) is 3.62. The minimum absolute atomic E-state index is 0.349. The predicted molar refractivity (Wildman–Crippen MR) is 121 cm³/mol. The van der Waals surface area contributed by atoms with E-state index in [4.69, 9.17) is 11.6 Å². The van der Waals surface area contributed by atoms with Crippen LogP contribution in [0.1, 0.15) is 22.3 Å². The zero-order chi connectivity index (χ0) is 18.9. The first-order chi connectivity index (χ1) is 13.7. The largest absolute Gasteiger partial charge is 0.0894 e. The molecular formula is C25H14BrClS. The second kappa shape index (κ2) is 6.00. The van der Waals surface area contributed by atoms with Gasteiger partial charge in [-0.05, 0) is 69.8 Å². The molecule has 1 heterocycles. The average Bonchev–Trinajstić information content (AvgIpc) is 3.00. The van der Waals surface area contributed by atoms with Crippen LogP contribution in [0.25, 0.3) is 11.1 Å². The average molecular weight is 462 g/mol. The number of halogens is 2. The zero-order valence-corrected chi connectivity index (χ0v) is 17.9. The van der Waals surface area contributed by atoms with Crippen LogP contribution in [-0.4, -0.2) is 0 Å². The van der Waals surface area contributed by atoms with Gasteiger partial charge in [0.15, 0.2) is 0 Å². The first-order valence-electron chi connectivity index (χ1n) is 9.17. The molecule has 0 amide bonds. The minimum atomic E-state index is -0.349. The maximum absolute atomic E-state index is 6.54. The molecule has 0 saturated carbocycles. The van der Waals surface area contributed by atoms with Crippen molar-refractivity contribution in [1.29, 1.82) is 0 Å². The van der Waals surface area contributed by atoms with E-state index < -0.39 is 0 Å². The fourth-order valence-electron chi connectivity index (χ4n) is 4.85. The summed E-state index contributed by atoms with van der Waals surface area (Å²) in [7, 11) is 0. The highest BCUT2D eigenvalue weighted by Gasteiger charge is 2.50. The molecule has 0 radical (unpaired) electrons. The first-order valence-corrected chi connectivity index (χ1v) is 11.2. The molecule has 4 aromatic carbocycles. The molecule has 2 aliphatic rings. The van der Waals surface area contributed by atoms with Gasteiger partial charge in [-0.25, -0.2) is 0 Å². The standard InChI is InChI=1S/C25H14BrClS/c26-15-9-12-24-22(13-15)25(20-7-3-4-8-23(20)28-24)19-6-2-1-5-17(19)18-11-10-16(27)14-21(18)25/h1-14H. The van der Waals surface area contributed by atoms with E-state index in [-0.39, 0.29) is 5.41 Å². The summed E-state index contributed by atoms with van der Waals surface area (Å²) in [5.74, 6) is 0. The lowest BCUT2D eigenvalue weighted by atomic mass is 9.67. The van der Waals surface area contributed by atoms with Crippen molar-refractivity contribution in [2.24, 2.45) is 0 Å². The van der Waals surface area contributed by atoms with Crippen LogP contribution in [0.4, 0.5) is 0 Å². The Balaban J connectivity index is 1.87. The third-order valence-corrected chi connectivity index (χ3v) is 7.74. The molecule has 1 spiro atoms. The van der Waals surface area contributed by atoms with Crippen LogP contribution >= 0.6 is 39.3 Å². The van der Waals surface area contributed by atoms with E-state index in [1.54, 1.807) is 0 Å². The van der Waals surface area contributed by atoms with Crippen molar-refractivity contribution < 1.29 is 0 Å². The summed E-state index contributed by atoms with van der Waals surface area (Å²) in [4.78, 5) is 2.60. The highest BCUT2D eigenvalue weighted by atomic mass is 79.9. The molecule has 1 aliphatic heterocycles. The highest BCUT2D eigenvalue weighted by molar-refractivity contribution is 9.10. The number of rotatable bonds is 0. The van der Waals surface area contributed by atoms with Crippen molar-refractivity contribution >= 4 is 39.3 Å². The number of hydrogen-bond acceptors (Lipinski definition) is 1. The zero-order valence-electron chi connectivity index (χ0n) is 14.7.